The third-order valence-electron chi connectivity index (χ3n) is 2.90. The first-order chi connectivity index (χ1) is 5.31. The van der Waals surface area contributed by atoms with Gasteiger partial charge in [0.25, 0.3) is 0 Å². The molecule has 2 aliphatic rings. The lowest BCUT2D eigenvalue weighted by Gasteiger charge is -2.31. The predicted molar refractivity (Wildman–Crippen MR) is 44.4 cm³/mol. The Kier molecular flexibility index (Phi) is 1.90. The van der Waals surface area contributed by atoms with Gasteiger partial charge in [-0.2, -0.15) is 0 Å². The Morgan fingerprint density at radius 2 is 2.00 bits per heavy atom. The fourth-order valence-corrected chi connectivity index (χ4v) is 2.28. The summed E-state index contributed by atoms with van der Waals surface area (Å²) in [4.78, 5) is 0. The van der Waals surface area contributed by atoms with Crippen molar-refractivity contribution in [2.75, 3.05) is 6.54 Å². The van der Waals surface area contributed by atoms with Gasteiger partial charge in [0.1, 0.15) is 6.23 Å². The lowest BCUT2D eigenvalue weighted by Crippen LogP contribution is -2.35. The maximum Gasteiger partial charge on any atom is 0.106 e. The summed E-state index contributed by atoms with van der Waals surface area (Å²) in [6, 6.07) is 0. The summed E-state index contributed by atoms with van der Waals surface area (Å²) in [6.07, 6.45) is 6.94. The van der Waals surface area contributed by atoms with E-state index in [-0.39, 0.29) is 11.8 Å². The second-order valence-electron chi connectivity index (χ2n) is 3.88. The third kappa shape index (κ3) is 1.42. The van der Waals surface area contributed by atoms with Crippen LogP contribution in [0.25, 0.3) is 0 Å². The maximum absolute atomic E-state index is 5.88. The maximum atomic E-state index is 5.88. The molecule has 0 aromatic heterocycles. The molecule has 1 N–H and O–H groups in total. The molecule has 2 fully saturated rings. The molecule has 0 aromatic rings. The van der Waals surface area contributed by atoms with Gasteiger partial charge in [-0.15, -0.1) is 0 Å². The predicted octanol–water partition coefficient (Wildman–Crippen LogP) is 1.66. The number of hydrogen-bond donors (Lipinski definition) is 1. The van der Waals surface area contributed by atoms with Crippen molar-refractivity contribution in [3.05, 3.63) is 0 Å². The van der Waals surface area contributed by atoms with Gasteiger partial charge in [-0.05, 0) is 19.8 Å². The topological polar surface area (TPSA) is 21.3 Å². The first-order valence-electron chi connectivity index (χ1n) is 4.72. The molecule has 1 spiro atoms. The van der Waals surface area contributed by atoms with Crippen LogP contribution in [0.15, 0.2) is 0 Å². The lowest BCUT2D eigenvalue weighted by molar-refractivity contribution is -0.0532. The molecule has 1 saturated carbocycles. The molecule has 1 aliphatic carbocycles. The molecule has 64 valence electrons. The average Bonchev–Trinajstić information content (AvgIpc) is 2.34. The molecule has 1 unspecified atom stereocenters. The van der Waals surface area contributed by atoms with Gasteiger partial charge in [0.15, 0.2) is 0 Å². The van der Waals surface area contributed by atoms with E-state index in [1.165, 1.54) is 32.1 Å². The van der Waals surface area contributed by atoms with E-state index in [9.17, 15) is 0 Å². The number of hydrogen-bond acceptors (Lipinski definition) is 2. The van der Waals surface area contributed by atoms with Gasteiger partial charge >= 0.3 is 0 Å². The normalized spacial score (nSPS) is 36.3. The SMILES string of the molecule is CC1NCC2(CCCCC2)O1. The molecule has 1 heterocycles. The van der Waals surface area contributed by atoms with Crippen molar-refractivity contribution in [1.29, 1.82) is 0 Å². The van der Waals surface area contributed by atoms with Crippen molar-refractivity contribution in [3.63, 3.8) is 0 Å². The van der Waals surface area contributed by atoms with Crippen molar-refractivity contribution in [2.24, 2.45) is 0 Å². The standard InChI is InChI=1S/C9H17NO/c1-8-10-7-9(11-8)5-3-2-4-6-9/h8,10H,2-7H2,1H3. The van der Waals surface area contributed by atoms with Crippen LogP contribution in [-0.4, -0.2) is 18.4 Å². The minimum Gasteiger partial charge on any atom is -0.356 e. The number of ether oxygens (including phenoxy) is 1. The van der Waals surface area contributed by atoms with Crippen LogP contribution in [-0.2, 0) is 4.74 Å². The van der Waals surface area contributed by atoms with Crippen molar-refractivity contribution in [2.45, 2.75) is 50.9 Å². The Morgan fingerprint density at radius 3 is 2.55 bits per heavy atom. The molecule has 0 amide bonds. The van der Waals surface area contributed by atoms with E-state index < -0.39 is 0 Å². The number of nitrogens with one attached hydrogen (secondary N) is 1. The highest BCUT2D eigenvalue weighted by Gasteiger charge is 2.38. The molecule has 2 rings (SSSR count). The summed E-state index contributed by atoms with van der Waals surface area (Å²) in [5.41, 5.74) is 0.234. The van der Waals surface area contributed by atoms with Gasteiger partial charge in [0.2, 0.25) is 0 Å². The van der Waals surface area contributed by atoms with Crippen LogP contribution in [0.2, 0.25) is 0 Å². The summed E-state index contributed by atoms with van der Waals surface area (Å²) < 4.78 is 5.88. The molecular formula is C9H17NO. The molecule has 2 heteroatoms. The highest BCUT2D eigenvalue weighted by atomic mass is 16.5. The first kappa shape index (κ1) is 7.56. The molecular weight excluding hydrogens is 138 g/mol. The zero-order chi connectivity index (χ0) is 7.73. The fraction of sp³-hybridized carbons (Fsp3) is 1.00. The van der Waals surface area contributed by atoms with E-state index in [0.717, 1.165) is 6.54 Å². The van der Waals surface area contributed by atoms with E-state index >= 15 is 0 Å². The van der Waals surface area contributed by atoms with Crippen LogP contribution in [0.3, 0.4) is 0 Å². The summed E-state index contributed by atoms with van der Waals surface area (Å²) in [7, 11) is 0. The Labute approximate surface area is 68.3 Å². The monoisotopic (exact) mass is 155 g/mol. The average molecular weight is 155 g/mol. The molecule has 0 radical (unpaired) electrons. The Bertz CT molecular complexity index is 135. The zero-order valence-electron chi connectivity index (χ0n) is 7.23. The Balaban J connectivity index is 1.98. The second-order valence-corrected chi connectivity index (χ2v) is 3.88. The largest absolute Gasteiger partial charge is 0.356 e. The van der Waals surface area contributed by atoms with Gasteiger partial charge in [-0.3, -0.25) is 5.32 Å². The van der Waals surface area contributed by atoms with Crippen molar-refractivity contribution < 1.29 is 4.74 Å². The first-order valence-corrected chi connectivity index (χ1v) is 4.72. The van der Waals surface area contributed by atoms with Crippen LogP contribution in [0, 0.1) is 0 Å². The smallest absolute Gasteiger partial charge is 0.106 e. The van der Waals surface area contributed by atoms with Crippen LogP contribution < -0.4 is 5.32 Å². The Morgan fingerprint density at radius 1 is 1.27 bits per heavy atom. The summed E-state index contributed by atoms with van der Waals surface area (Å²) >= 11 is 0. The van der Waals surface area contributed by atoms with Crippen molar-refractivity contribution in [1.82, 2.24) is 5.32 Å². The van der Waals surface area contributed by atoms with Crippen molar-refractivity contribution >= 4 is 0 Å². The van der Waals surface area contributed by atoms with Gasteiger partial charge in [-0.25, -0.2) is 0 Å². The minimum atomic E-state index is 0.234. The zero-order valence-corrected chi connectivity index (χ0v) is 7.23. The molecule has 2 nitrogen and oxygen atoms in total. The quantitative estimate of drug-likeness (QED) is 0.574. The molecule has 1 atom stereocenters. The highest BCUT2D eigenvalue weighted by Crippen LogP contribution is 2.34. The minimum absolute atomic E-state index is 0.234. The van der Waals surface area contributed by atoms with Crippen LogP contribution in [0.5, 0.6) is 0 Å². The van der Waals surface area contributed by atoms with Gasteiger partial charge < -0.3 is 4.74 Å². The lowest BCUT2D eigenvalue weighted by atomic mass is 9.85. The molecule has 11 heavy (non-hydrogen) atoms. The third-order valence-corrected chi connectivity index (χ3v) is 2.90. The van der Waals surface area contributed by atoms with Crippen molar-refractivity contribution in [3.8, 4) is 0 Å². The summed E-state index contributed by atoms with van der Waals surface area (Å²) in [5.74, 6) is 0. The van der Waals surface area contributed by atoms with Crippen LogP contribution in [0.1, 0.15) is 39.0 Å². The van der Waals surface area contributed by atoms with Gasteiger partial charge in [0.05, 0.1) is 5.60 Å². The number of rotatable bonds is 0. The van der Waals surface area contributed by atoms with E-state index in [0.29, 0.717) is 0 Å². The van der Waals surface area contributed by atoms with Gasteiger partial charge in [0, 0.05) is 6.54 Å². The molecule has 0 aromatic carbocycles. The second kappa shape index (κ2) is 2.76. The van der Waals surface area contributed by atoms with E-state index in [1.54, 1.807) is 0 Å². The molecule has 0 bridgehead atoms. The van der Waals surface area contributed by atoms with Crippen LogP contribution in [0.4, 0.5) is 0 Å². The highest BCUT2D eigenvalue weighted by molar-refractivity contribution is 4.91. The fourth-order valence-electron chi connectivity index (χ4n) is 2.28. The van der Waals surface area contributed by atoms with Crippen LogP contribution >= 0.6 is 0 Å². The van der Waals surface area contributed by atoms with E-state index in [4.69, 9.17) is 4.74 Å². The summed E-state index contributed by atoms with van der Waals surface area (Å²) in [5, 5.41) is 3.36. The molecule has 1 aliphatic heterocycles. The molecule has 1 saturated heterocycles. The summed E-state index contributed by atoms with van der Waals surface area (Å²) in [6.45, 7) is 3.18. The van der Waals surface area contributed by atoms with E-state index in [2.05, 4.69) is 12.2 Å². The van der Waals surface area contributed by atoms with Gasteiger partial charge in [-0.1, -0.05) is 19.3 Å². The van der Waals surface area contributed by atoms with E-state index in [1.807, 2.05) is 0 Å². The Hall–Kier alpha value is -0.0800.